The van der Waals surface area contributed by atoms with E-state index in [0.717, 1.165) is 33.1 Å². The zero-order valence-corrected chi connectivity index (χ0v) is 14.2. The van der Waals surface area contributed by atoms with Crippen LogP contribution in [0.2, 0.25) is 0 Å². The number of rotatable bonds is 4. The number of carbonyl (C=O) groups excluding carboxylic acids is 1. The minimum atomic E-state index is -0.200. The molecular weight excluding hydrogens is 314 g/mol. The Hall–Kier alpha value is -1.40. The van der Waals surface area contributed by atoms with E-state index in [-0.39, 0.29) is 11.2 Å². The van der Waals surface area contributed by atoms with E-state index in [4.69, 9.17) is 0 Å². The second kappa shape index (κ2) is 7.24. The van der Waals surface area contributed by atoms with Gasteiger partial charge in [0, 0.05) is 5.71 Å². The second-order valence-corrected chi connectivity index (χ2v) is 8.04. The summed E-state index contributed by atoms with van der Waals surface area (Å²) in [5, 5.41) is 4.07. The van der Waals surface area contributed by atoms with Gasteiger partial charge in [0.1, 0.15) is 0 Å². The number of fused-ring (bicyclic) bond motifs is 1. The summed E-state index contributed by atoms with van der Waals surface area (Å²) in [4.78, 5) is 16.7. The maximum absolute atomic E-state index is 12.1. The van der Waals surface area contributed by atoms with Crippen LogP contribution in [0.4, 0.5) is 0 Å². The highest BCUT2D eigenvalue weighted by Crippen LogP contribution is 2.31. The van der Waals surface area contributed by atoms with Gasteiger partial charge in [-0.1, -0.05) is 30.3 Å². The van der Waals surface area contributed by atoms with Gasteiger partial charge in [-0.3, -0.25) is 4.79 Å². The van der Waals surface area contributed by atoms with Gasteiger partial charge in [0.25, 0.3) is 5.91 Å². The van der Waals surface area contributed by atoms with Gasteiger partial charge in [0.15, 0.2) is 4.34 Å². The lowest BCUT2D eigenvalue weighted by Gasteiger charge is -2.13. The molecule has 0 radical (unpaired) electrons. The van der Waals surface area contributed by atoms with E-state index < -0.39 is 0 Å². The minimum absolute atomic E-state index is 0.0534. The van der Waals surface area contributed by atoms with Crippen molar-refractivity contribution in [3.05, 3.63) is 24.3 Å². The van der Waals surface area contributed by atoms with Crippen molar-refractivity contribution in [3.8, 4) is 0 Å². The van der Waals surface area contributed by atoms with Gasteiger partial charge in [-0.2, -0.15) is 5.10 Å². The van der Waals surface area contributed by atoms with E-state index in [9.17, 15) is 4.79 Å². The third kappa shape index (κ3) is 3.87. The Labute approximate surface area is 138 Å². The molecule has 4 nitrogen and oxygen atoms in total. The number of para-hydroxylation sites is 1. The van der Waals surface area contributed by atoms with Crippen LogP contribution in [0.5, 0.6) is 0 Å². The van der Waals surface area contributed by atoms with Gasteiger partial charge in [0.2, 0.25) is 0 Å². The van der Waals surface area contributed by atoms with Gasteiger partial charge in [-0.15, -0.1) is 11.3 Å². The Balaban J connectivity index is 1.58. The molecule has 116 valence electrons. The lowest BCUT2D eigenvalue weighted by molar-refractivity contribution is -0.120. The average molecular weight is 333 g/mol. The molecular formula is C16H19N3OS2. The van der Waals surface area contributed by atoms with Crippen molar-refractivity contribution in [1.29, 1.82) is 0 Å². The maximum atomic E-state index is 12.1. The Bertz CT molecular complexity index is 655. The average Bonchev–Trinajstić information content (AvgIpc) is 2.95. The summed E-state index contributed by atoms with van der Waals surface area (Å²) < 4.78 is 2.08. The Morgan fingerprint density at radius 1 is 1.32 bits per heavy atom. The summed E-state index contributed by atoms with van der Waals surface area (Å²) in [5.74, 6) is -0.0534. The number of thiazole rings is 1. The first-order valence-corrected chi connectivity index (χ1v) is 9.29. The molecule has 1 aliphatic carbocycles. The molecule has 3 rings (SSSR count). The van der Waals surface area contributed by atoms with Crippen LogP contribution in [0.25, 0.3) is 10.2 Å². The molecule has 0 unspecified atom stereocenters. The molecule has 22 heavy (non-hydrogen) atoms. The van der Waals surface area contributed by atoms with Crippen LogP contribution < -0.4 is 5.43 Å². The van der Waals surface area contributed by atoms with Gasteiger partial charge in [0.05, 0.1) is 15.5 Å². The number of hydrogen-bond donors (Lipinski definition) is 1. The van der Waals surface area contributed by atoms with Crippen LogP contribution in [0.3, 0.4) is 0 Å². The van der Waals surface area contributed by atoms with Crippen molar-refractivity contribution in [3.63, 3.8) is 0 Å². The first-order valence-electron chi connectivity index (χ1n) is 7.60. The molecule has 1 aliphatic rings. The van der Waals surface area contributed by atoms with Crippen molar-refractivity contribution in [2.75, 3.05) is 0 Å². The summed E-state index contributed by atoms with van der Waals surface area (Å²) in [5.41, 5.74) is 4.82. The molecule has 1 aromatic carbocycles. The number of amides is 1. The number of thioether (sulfide) groups is 1. The number of nitrogens with zero attached hydrogens (tertiary/aromatic N) is 2. The molecule has 1 saturated carbocycles. The lowest BCUT2D eigenvalue weighted by atomic mass is 9.99. The van der Waals surface area contributed by atoms with Gasteiger partial charge < -0.3 is 0 Å². The Morgan fingerprint density at radius 3 is 2.86 bits per heavy atom. The zero-order chi connectivity index (χ0) is 15.4. The molecule has 2 aromatic rings. The highest BCUT2D eigenvalue weighted by Gasteiger charge is 2.17. The third-order valence-electron chi connectivity index (χ3n) is 3.68. The van der Waals surface area contributed by atoms with Crippen LogP contribution in [0, 0.1) is 0 Å². The van der Waals surface area contributed by atoms with Crippen LogP contribution in [-0.4, -0.2) is 21.9 Å². The number of carbonyl (C=O) groups is 1. The predicted molar refractivity (Wildman–Crippen MR) is 93.6 cm³/mol. The molecule has 0 saturated heterocycles. The summed E-state index contributed by atoms with van der Waals surface area (Å²) in [6.07, 6.45) is 5.67. The molecule has 0 bridgehead atoms. The number of hydrazone groups is 1. The first kappa shape index (κ1) is 15.5. The minimum Gasteiger partial charge on any atom is -0.272 e. The Kier molecular flexibility index (Phi) is 5.10. The van der Waals surface area contributed by atoms with Crippen LogP contribution in [-0.2, 0) is 4.79 Å². The molecule has 1 amide bonds. The molecule has 0 aliphatic heterocycles. The highest BCUT2D eigenvalue weighted by molar-refractivity contribution is 8.02. The first-order chi connectivity index (χ1) is 10.7. The van der Waals surface area contributed by atoms with Crippen LogP contribution in [0.15, 0.2) is 33.7 Å². The molecule has 6 heteroatoms. The summed E-state index contributed by atoms with van der Waals surface area (Å²) in [6.45, 7) is 1.90. The topological polar surface area (TPSA) is 54.4 Å². The van der Waals surface area contributed by atoms with E-state index in [2.05, 4.69) is 21.6 Å². The normalized spacial score (nSPS) is 16.5. The smallest absolute Gasteiger partial charge is 0.253 e. The molecule has 1 fully saturated rings. The fourth-order valence-corrected chi connectivity index (χ4v) is 4.61. The van der Waals surface area contributed by atoms with Crippen LogP contribution >= 0.6 is 23.1 Å². The summed E-state index contributed by atoms with van der Waals surface area (Å²) >= 11 is 3.12. The summed E-state index contributed by atoms with van der Waals surface area (Å²) in [7, 11) is 0. The van der Waals surface area contributed by atoms with E-state index in [1.807, 2.05) is 25.1 Å². The van der Waals surface area contributed by atoms with Gasteiger partial charge >= 0.3 is 0 Å². The van der Waals surface area contributed by atoms with Gasteiger partial charge in [-0.05, 0) is 44.7 Å². The maximum Gasteiger partial charge on any atom is 0.253 e. The Morgan fingerprint density at radius 2 is 2.09 bits per heavy atom. The molecule has 1 atom stereocenters. The van der Waals surface area contributed by atoms with E-state index in [0.29, 0.717) is 0 Å². The monoisotopic (exact) mass is 333 g/mol. The quantitative estimate of drug-likeness (QED) is 0.673. The fraction of sp³-hybridized carbons (Fsp3) is 0.438. The predicted octanol–water partition coefficient (Wildman–Crippen LogP) is 4.21. The second-order valence-electron chi connectivity index (χ2n) is 5.42. The number of nitrogens with one attached hydrogen (secondary N) is 1. The van der Waals surface area contributed by atoms with E-state index >= 15 is 0 Å². The molecule has 1 N–H and O–H groups in total. The van der Waals surface area contributed by atoms with E-state index in [1.165, 1.54) is 31.0 Å². The van der Waals surface area contributed by atoms with Crippen LogP contribution in [0.1, 0.15) is 39.0 Å². The SMILES string of the molecule is C[C@@H](Sc1nc2ccccc2s1)C(=O)NN=C1CCCCC1. The van der Waals surface area contributed by atoms with Crippen molar-refractivity contribution >= 4 is 44.9 Å². The molecule has 1 heterocycles. The van der Waals surface area contributed by atoms with Crippen molar-refractivity contribution in [2.24, 2.45) is 5.10 Å². The third-order valence-corrected chi connectivity index (χ3v) is 5.91. The van der Waals surface area contributed by atoms with Crippen molar-refractivity contribution in [1.82, 2.24) is 10.4 Å². The number of hydrogen-bond acceptors (Lipinski definition) is 5. The van der Waals surface area contributed by atoms with Crippen molar-refractivity contribution in [2.45, 2.75) is 48.6 Å². The van der Waals surface area contributed by atoms with Gasteiger partial charge in [-0.25, -0.2) is 10.4 Å². The summed E-state index contributed by atoms with van der Waals surface area (Å²) in [6, 6.07) is 8.03. The molecule has 1 aromatic heterocycles. The zero-order valence-electron chi connectivity index (χ0n) is 12.5. The van der Waals surface area contributed by atoms with E-state index in [1.54, 1.807) is 11.3 Å². The number of benzene rings is 1. The molecule has 0 spiro atoms. The number of aromatic nitrogens is 1. The fourth-order valence-electron chi connectivity index (χ4n) is 2.40. The highest BCUT2D eigenvalue weighted by atomic mass is 32.2. The standard InChI is InChI=1S/C16H19N3OS2/c1-11(15(20)19-18-12-7-3-2-4-8-12)21-16-17-13-9-5-6-10-14(13)22-16/h5-6,9-11H,2-4,7-8H2,1H3,(H,19,20)/t11-/m1/s1. The largest absolute Gasteiger partial charge is 0.272 e. The lowest BCUT2D eigenvalue weighted by Crippen LogP contribution is -2.28. The van der Waals surface area contributed by atoms with Crippen molar-refractivity contribution < 1.29 is 4.79 Å².